The summed E-state index contributed by atoms with van der Waals surface area (Å²) in [7, 11) is 0. The van der Waals surface area contributed by atoms with Gasteiger partial charge in [0.1, 0.15) is 5.82 Å². The van der Waals surface area contributed by atoms with Crippen molar-refractivity contribution in [2.45, 2.75) is 0 Å². The van der Waals surface area contributed by atoms with Crippen LogP contribution in [-0.4, -0.2) is 19.5 Å². The van der Waals surface area contributed by atoms with Crippen LogP contribution in [0.15, 0.2) is 219 Å². The number of rotatable bonds is 7. The molecule has 11 aromatic rings. The van der Waals surface area contributed by atoms with E-state index in [1.54, 1.807) is 0 Å². The first-order valence-corrected chi connectivity index (χ1v) is 19.9. The third-order valence-electron chi connectivity index (χ3n) is 11.4. The third-order valence-corrected chi connectivity index (χ3v) is 11.4. The Bertz CT molecular complexity index is 3280. The minimum Gasteiger partial charge on any atom is -0.292 e. The van der Waals surface area contributed by atoms with E-state index in [0.717, 1.165) is 94.8 Å². The van der Waals surface area contributed by atoms with E-state index in [-0.39, 0.29) is 0 Å². The van der Waals surface area contributed by atoms with Gasteiger partial charge >= 0.3 is 0 Å². The summed E-state index contributed by atoms with van der Waals surface area (Å²) in [6, 6.07) is 73.1. The fraction of sp³-hybridized carbons (Fsp3) is 0. The van der Waals surface area contributed by atoms with E-state index >= 15 is 0 Å². The molecule has 3 aromatic heterocycles. The summed E-state index contributed by atoms with van der Waals surface area (Å²) in [6.07, 6.45) is 3.79. The molecule has 276 valence electrons. The summed E-state index contributed by atoms with van der Waals surface area (Å²) in [6.45, 7) is 0. The third kappa shape index (κ3) is 6.24. The van der Waals surface area contributed by atoms with Crippen molar-refractivity contribution in [3.63, 3.8) is 0 Å². The SMILES string of the molecule is c1ccc(-c2nc3ccccc3n2-c2ccc(-c3cc(-c4ccc(-c5nccc6ccccc56)cc4)ccc3-c3ccc(-c4nccc5ccccc45)cc3)cc2)cc1. The number of hydrogen-bond donors (Lipinski definition) is 0. The van der Waals surface area contributed by atoms with Gasteiger partial charge < -0.3 is 0 Å². The number of imidazole rings is 1. The minimum atomic E-state index is 0.921. The molecule has 0 atom stereocenters. The minimum absolute atomic E-state index is 0.921. The molecule has 0 unspecified atom stereocenters. The lowest BCUT2D eigenvalue weighted by Crippen LogP contribution is -1.97. The Balaban J connectivity index is 1.01. The van der Waals surface area contributed by atoms with E-state index in [1.807, 2.05) is 24.5 Å². The van der Waals surface area contributed by atoms with Crippen LogP contribution < -0.4 is 0 Å². The van der Waals surface area contributed by atoms with Crippen LogP contribution in [0.25, 0.3) is 106 Å². The lowest BCUT2D eigenvalue weighted by atomic mass is 9.90. The van der Waals surface area contributed by atoms with Crippen molar-refractivity contribution in [1.82, 2.24) is 19.5 Å². The largest absolute Gasteiger partial charge is 0.292 e. The summed E-state index contributed by atoms with van der Waals surface area (Å²) in [5.74, 6) is 0.921. The van der Waals surface area contributed by atoms with Crippen LogP contribution in [0.2, 0.25) is 0 Å². The standard InChI is InChI=1S/C55H36N4/c1-2-12-44(13-3-1)55-58-51-16-8-9-17-52(51)59(55)46-29-26-41(27-30-46)50-36-45(37-18-22-42(23-19-37)53-48-14-6-4-10-38(48)32-34-56-53)28-31-47(50)40-20-24-43(25-21-40)54-49-15-7-5-11-39(49)33-35-57-54/h1-36H. The molecule has 0 N–H and O–H groups in total. The Morgan fingerprint density at radius 3 is 1.51 bits per heavy atom. The van der Waals surface area contributed by atoms with Crippen molar-refractivity contribution >= 4 is 32.6 Å². The van der Waals surface area contributed by atoms with E-state index in [1.165, 1.54) is 10.8 Å². The number of aromatic nitrogens is 4. The molecule has 0 bridgehead atoms. The van der Waals surface area contributed by atoms with Crippen LogP contribution in [0.5, 0.6) is 0 Å². The Kier molecular flexibility index (Phi) is 8.45. The highest BCUT2D eigenvalue weighted by atomic mass is 15.1. The summed E-state index contributed by atoms with van der Waals surface area (Å²) >= 11 is 0. The number of nitrogens with zero attached hydrogens (tertiary/aromatic N) is 4. The van der Waals surface area contributed by atoms with E-state index < -0.39 is 0 Å². The monoisotopic (exact) mass is 752 g/mol. The zero-order chi connectivity index (χ0) is 39.1. The molecular weight excluding hydrogens is 717 g/mol. The van der Waals surface area contributed by atoms with Gasteiger partial charge in [0.05, 0.1) is 22.4 Å². The molecule has 0 spiro atoms. The van der Waals surface area contributed by atoms with Crippen LogP contribution in [0.1, 0.15) is 0 Å². The molecule has 0 amide bonds. The van der Waals surface area contributed by atoms with Crippen molar-refractivity contribution < 1.29 is 0 Å². The zero-order valence-corrected chi connectivity index (χ0v) is 32.1. The Morgan fingerprint density at radius 1 is 0.339 bits per heavy atom. The van der Waals surface area contributed by atoms with Gasteiger partial charge in [0.25, 0.3) is 0 Å². The first kappa shape index (κ1) is 34.3. The molecule has 0 aliphatic heterocycles. The fourth-order valence-corrected chi connectivity index (χ4v) is 8.40. The molecule has 0 saturated carbocycles. The highest BCUT2D eigenvalue weighted by Gasteiger charge is 2.16. The quantitative estimate of drug-likeness (QED) is 0.163. The zero-order valence-electron chi connectivity index (χ0n) is 32.1. The number of benzene rings is 8. The molecule has 4 nitrogen and oxygen atoms in total. The summed E-state index contributed by atoms with van der Waals surface area (Å²) in [4.78, 5) is 14.6. The van der Waals surface area contributed by atoms with Crippen LogP contribution >= 0.6 is 0 Å². The van der Waals surface area contributed by atoms with Gasteiger partial charge in [-0.2, -0.15) is 0 Å². The maximum absolute atomic E-state index is 5.08. The van der Waals surface area contributed by atoms with E-state index in [2.05, 4.69) is 199 Å². The van der Waals surface area contributed by atoms with Gasteiger partial charge in [-0.3, -0.25) is 14.5 Å². The lowest BCUT2D eigenvalue weighted by molar-refractivity contribution is 1.10. The molecule has 0 radical (unpaired) electrons. The van der Waals surface area contributed by atoms with Crippen molar-refractivity contribution in [2.75, 3.05) is 0 Å². The number of hydrogen-bond acceptors (Lipinski definition) is 3. The second kappa shape index (κ2) is 14.5. The summed E-state index contributed by atoms with van der Waals surface area (Å²) < 4.78 is 2.26. The Labute approximate surface area is 342 Å². The lowest BCUT2D eigenvalue weighted by Gasteiger charge is -2.16. The van der Waals surface area contributed by atoms with Crippen molar-refractivity contribution in [3.05, 3.63) is 219 Å². The van der Waals surface area contributed by atoms with Crippen LogP contribution in [0.3, 0.4) is 0 Å². The number of fused-ring (bicyclic) bond motifs is 3. The second-order valence-electron chi connectivity index (χ2n) is 14.8. The molecule has 3 heterocycles. The summed E-state index contributed by atoms with van der Waals surface area (Å²) in [5.41, 5.74) is 15.2. The molecular formula is C55H36N4. The predicted molar refractivity (Wildman–Crippen MR) is 244 cm³/mol. The molecule has 0 aliphatic carbocycles. The summed E-state index contributed by atoms with van der Waals surface area (Å²) in [5, 5.41) is 4.67. The Hall–Kier alpha value is -7.95. The smallest absolute Gasteiger partial charge is 0.145 e. The van der Waals surface area contributed by atoms with Gasteiger partial charge in [-0.25, -0.2) is 4.98 Å². The topological polar surface area (TPSA) is 43.6 Å². The van der Waals surface area contributed by atoms with Crippen molar-refractivity contribution in [1.29, 1.82) is 0 Å². The Morgan fingerprint density at radius 2 is 0.847 bits per heavy atom. The fourth-order valence-electron chi connectivity index (χ4n) is 8.40. The van der Waals surface area contributed by atoms with Crippen LogP contribution in [0.4, 0.5) is 0 Å². The van der Waals surface area contributed by atoms with Gasteiger partial charge in [-0.05, 0) is 86.6 Å². The maximum atomic E-state index is 5.08. The molecule has 0 aliphatic rings. The number of pyridine rings is 2. The first-order valence-electron chi connectivity index (χ1n) is 19.9. The van der Waals surface area contributed by atoms with Crippen molar-refractivity contribution in [3.8, 4) is 73.0 Å². The molecule has 59 heavy (non-hydrogen) atoms. The normalized spacial score (nSPS) is 11.4. The second-order valence-corrected chi connectivity index (χ2v) is 14.8. The van der Waals surface area contributed by atoms with Gasteiger partial charge in [0.2, 0.25) is 0 Å². The van der Waals surface area contributed by atoms with Gasteiger partial charge in [-0.1, -0.05) is 164 Å². The maximum Gasteiger partial charge on any atom is 0.145 e. The highest BCUT2D eigenvalue weighted by molar-refractivity contribution is 5.96. The average molecular weight is 753 g/mol. The van der Waals surface area contributed by atoms with E-state index in [9.17, 15) is 0 Å². The molecule has 8 aromatic carbocycles. The molecule has 0 saturated heterocycles. The molecule has 11 rings (SSSR count). The van der Waals surface area contributed by atoms with Crippen molar-refractivity contribution in [2.24, 2.45) is 0 Å². The van der Waals surface area contributed by atoms with Gasteiger partial charge in [0.15, 0.2) is 0 Å². The van der Waals surface area contributed by atoms with Gasteiger partial charge in [-0.15, -0.1) is 0 Å². The van der Waals surface area contributed by atoms with Crippen LogP contribution in [0, 0.1) is 0 Å². The molecule has 0 fully saturated rings. The van der Waals surface area contributed by atoms with Gasteiger partial charge in [0, 0.05) is 45.5 Å². The number of para-hydroxylation sites is 2. The van der Waals surface area contributed by atoms with Crippen LogP contribution in [-0.2, 0) is 0 Å². The highest BCUT2D eigenvalue weighted by Crippen LogP contribution is 2.39. The predicted octanol–water partition coefficient (Wildman–Crippen LogP) is 14.1. The average Bonchev–Trinajstić information content (AvgIpc) is 3.71. The molecule has 4 heteroatoms. The van der Waals surface area contributed by atoms with E-state index in [0.29, 0.717) is 0 Å². The first-order chi connectivity index (χ1) is 29.2. The van der Waals surface area contributed by atoms with E-state index in [4.69, 9.17) is 15.0 Å².